The lowest BCUT2D eigenvalue weighted by molar-refractivity contribution is -0.0979. The third-order valence-electron chi connectivity index (χ3n) is 13.6. The van der Waals surface area contributed by atoms with Crippen LogP contribution >= 0.6 is 11.8 Å². The van der Waals surface area contributed by atoms with Gasteiger partial charge >= 0.3 is 6.09 Å². The standard InChI is InChI=1S/C52H60N4O9S/c1-10-19-60-47-30(3)48-50(64-28-63-48)44-36(47)22-39-45-43-31(20-29(2)46(59-9)49(43)62-27-58-8)21-38(55(45)7)40(23-53)56(39)41(44)24-61-42(54-51(57)65-52(4,5)6)26-66-25-37-34-17-13-11-15-32(34)33-16-12-14-18-35(33)37/h10-18,20,37-42,45H,1,19,21-22,24-28H2,2-9H3,(H,54,57)/t38-,39?,40+,41+,42?,45-/m1/s1. The van der Waals surface area contributed by atoms with Crippen molar-refractivity contribution in [2.45, 2.75) is 95.4 Å². The Kier molecular flexibility index (Phi) is 12.9. The molecule has 0 spiro atoms. The molecule has 0 aromatic heterocycles. The molecule has 1 saturated heterocycles. The van der Waals surface area contributed by atoms with E-state index in [0.717, 1.165) is 39.1 Å². The second-order valence-corrected chi connectivity index (χ2v) is 19.7. The predicted octanol–water partition coefficient (Wildman–Crippen LogP) is 8.77. The Hall–Kier alpha value is -5.43. The van der Waals surface area contributed by atoms with Crippen molar-refractivity contribution >= 4 is 17.9 Å². The van der Waals surface area contributed by atoms with Gasteiger partial charge in [0.15, 0.2) is 29.8 Å². The van der Waals surface area contributed by atoms with Gasteiger partial charge in [0.2, 0.25) is 6.79 Å². The molecule has 1 aliphatic carbocycles. The van der Waals surface area contributed by atoms with E-state index in [2.05, 4.69) is 89.4 Å². The minimum absolute atomic E-state index is 0.0344. The monoisotopic (exact) mass is 916 g/mol. The van der Waals surface area contributed by atoms with Gasteiger partial charge in [-0.1, -0.05) is 67.3 Å². The van der Waals surface area contributed by atoms with E-state index in [0.29, 0.717) is 47.3 Å². The van der Waals surface area contributed by atoms with Crippen LogP contribution in [-0.2, 0) is 27.1 Å². The van der Waals surface area contributed by atoms with E-state index in [1.54, 1.807) is 32.1 Å². The highest BCUT2D eigenvalue weighted by Crippen LogP contribution is 2.59. The number of nitrogens with zero attached hydrogens (tertiary/aromatic N) is 3. The Balaban J connectivity index is 1.12. The highest BCUT2D eigenvalue weighted by molar-refractivity contribution is 7.99. The van der Waals surface area contributed by atoms with Crippen molar-refractivity contribution < 1.29 is 42.7 Å². The van der Waals surface area contributed by atoms with Gasteiger partial charge in [-0.2, -0.15) is 17.0 Å². The van der Waals surface area contributed by atoms with E-state index in [4.69, 9.17) is 37.9 Å². The highest BCUT2D eigenvalue weighted by atomic mass is 32.2. The molecule has 66 heavy (non-hydrogen) atoms. The average molecular weight is 917 g/mol. The molecule has 1 N–H and O–H groups in total. The average Bonchev–Trinajstić information content (AvgIpc) is 3.91. The van der Waals surface area contributed by atoms with E-state index in [1.165, 1.54) is 22.3 Å². The maximum atomic E-state index is 13.6. The molecule has 9 rings (SSSR count). The number of thioether (sulfide) groups is 1. The molecule has 2 bridgehead atoms. The number of fused-ring (bicyclic) bond motifs is 12. The topological polar surface area (TPSA) is 133 Å². The summed E-state index contributed by atoms with van der Waals surface area (Å²) in [5.74, 6) is 4.59. The Morgan fingerprint density at radius 1 is 0.985 bits per heavy atom. The number of nitrogens with one attached hydrogen (secondary N) is 1. The number of piperazine rings is 1. The fraction of sp³-hybridized carbons (Fsp3) is 0.462. The van der Waals surface area contributed by atoms with Gasteiger partial charge in [-0.25, -0.2) is 4.79 Å². The van der Waals surface area contributed by atoms with Crippen LogP contribution in [0.25, 0.3) is 11.1 Å². The van der Waals surface area contributed by atoms with Crippen molar-refractivity contribution in [3.63, 3.8) is 0 Å². The van der Waals surface area contributed by atoms with Crippen LogP contribution in [0.2, 0.25) is 0 Å². The second-order valence-electron chi connectivity index (χ2n) is 18.6. The van der Waals surface area contributed by atoms with Crippen LogP contribution in [0.1, 0.15) is 83.3 Å². The first-order valence-electron chi connectivity index (χ1n) is 22.7. The number of carbonyl (C=O) groups is 1. The first-order valence-corrected chi connectivity index (χ1v) is 23.8. The van der Waals surface area contributed by atoms with Crippen molar-refractivity contribution in [3.8, 4) is 45.9 Å². The molecular formula is C52H60N4O9S. The van der Waals surface area contributed by atoms with Gasteiger partial charge < -0.3 is 37.9 Å². The number of alkyl carbamates (subject to hydrolysis) is 1. The van der Waals surface area contributed by atoms with Crippen LogP contribution in [-0.4, -0.2) is 105 Å². The van der Waals surface area contributed by atoms with Crippen molar-refractivity contribution in [3.05, 3.63) is 112 Å². The summed E-state index contributed by atoms with van der Waals surface area (Å²) < 4.78 is 49.9. The number of rotatable bonds is 15. The van der Waals surface area contributed by atoms with Gasteiger partial charge in [0.1, 0.15) is 30.2 Å². The highest BCUT2D eigenvalue weighted by Gasteiger charge is 2.57. The maximum Gasteiger partial charge on any atom is 0.409 e. The SMILES string of the molecule is C=CCOc1c(C)c2c(c3c1CC1[C@@H]4c5c(cc(C)c(OC)c5OCOC)C[C@H]([C@H](C#N)N1[C@H]3COC(CSCC1c3ccccc3-c3ccccc31)NC(=O)OC(C)(C)C)N4C)OCO2. The zero-order valence-corrected chi connectivity index (χ0v) is 39.9. The molecule has 1 fully saturated rings. The molecule has 1 amide bonds. The number of amides is 1. The number of hydrogen-bond acceptors (Lipinski definition) is 13. The molecule has 5 aliphatic rings. The summed E-state index contributed by atoms with van der Waals surface area (Å²) in [6.07, 6.45) is 1.50. The third kappa shape index (κ3) is 8.12. The van der Waals surface area contributed by atoms with E-state index in [-0.39, 0.29) is 50.8 Å². The predicted molar refractivity (Wildman–Crippen MR) is 253 cm³/mol. The van der Waals surface area contributed by atoms with E-state index < -0.39 is 30.0 Å². The lowest BCUT2D eigenvalue weighted by Crippen LogP contribution is -2.68. The second kappa shape index (κ2) is 18.7. The van der Waals surface area contributed by atoms with Crippen molar-refractivity contribution in [1.29, 1.82) is 5.26 Å². The van der Waals surface area contributed by atoms with Gasteiger partial charge in [0.05, 0.1) is 31.9 Å². The van der Waals surface area contributed by atoms with Crippen LogP contribution in [0.5, 0.6) is 28.7 Å². The summed E-state index contributed by atoms with van der Waals surface area (Å²) in [7, 11) is 5.37. The zero-order valence-electron chi connectivity index (χ0n) is 39.1. The minimum atomic E-state index is -0.762. The van der Waals surface area contributed by atoms with Crippen molar-refractivity contribution in [2.75, 3.05) is 59.6 Å². The molecule has 4 aromatic carbocycles. The molecule has 4 heterocycles. The number of hydrogen-bond donors (Lipinski definition) is 1. The first-order chi connectivity index (χ1) is 31.9. The molecule has 0 saturated carbocycles. The summed E-state index contributed by atoms with van der Waals surface area (Å²) in [6, 6.07) is 20.3. The Labute approximate surface area is 392 Å². The van der Waals surface area contributed by atoms with Crippen molar-refractivity contribution in [2.24, 2.45) is 0 Å². The Bertz CT molecular complexity index is 2510. The number of likely N-dealkylation sites (N-methyl/N-ethyl adjacent to an activating group) is 1. The molecule has 6 atom stereocenters. The van der Waals surface area contributed by atoms with Gasteiger partial charge in [0, 0.05) is 58.9 Å². The lowest BCUT2D eigenvalue weighted by Gasteiger charge is -2.60. The largest absolute Gasteiger partial charge is 0.493 e. The fourth-order valence-electron chi connectivity index (χ4n) is 11.1. The van der Waals surface area contributed by atoms with Crippen LogP contribution in [0.15, 0.2) is 67.3 Å². The van der Waals surface area contributed by atoms with Crippen LogP contribution in [0, 0.1) is 25.2 Å². The van der Waals surface area contributed by atoms with E-state index >= 15 is 0 Å². The zero-order chi connectivity index (χ0) is 46.4. The molecule has 0 radical (unpaired) electrons. The van der Waals surface area contributed by atoms with Gasteiger partial charge in [0.25, 0.3) is 0 Å². The number of carbonyl (C=O) groups excluding carboxylic acids is 1. The molecular weight excluding hydrogens is 857 g/mol. The number of nitriles is 1. The lowest BCUT2D eigenvalue weighted by atomic mass is 9.71. The van der Waals surface area contributed by atoms with E-state index in [9.17, 15) is 10.1 Å². The molecule has 2 unspecified atom stereocenters. The van der Waals surface area contributed by atoms with E-state index in [1.807, 2.05) is 34.6 Å². The fourth-order valence-corrected chi connectivity index (χ4v) is 12.2. The molecule has 14 heteroatoms. The quantitative estimate of drug-likeness (QED) is 0.0901. The Morgan fingerprint density at radius 3 is 2.36 bits per heavy atom. The minimum Gasteiger partial charge on any atom is -0.493 e. The number of methoxy groups -OCH3 is 2. The maximum absolute atomic E-state index is 13.6. The molecule has 348 valence electrons. The smallest absolute Gasteiger partial charge is 0.409 e. The van der Waals surface area contributed by atoms with Gasteiger partial charge in [-0.15, -0.1) is 0 Å². The Morgan fingerprint density at radius 2 is 1.70 bits per heavy atom. The molecule has 13 nitrogen and oxygen atoms in total. The first kappa shape index (κ1) is 45.7. The third-order valence-corrected chi connectivity index (χ3v) is 14.7. The number of ether oxygens (including phenoxy) is 8. The van der Waals surface area contributed by atoms with Crippen LogP contribution in [0.3, 0.4) is 0 Å². The van der Waals surface area contributed by atoms with Crippen LogP contribution in [0.4, 0.5) is 4.79 Å². The molecule has 4 aliphatic heterocycles. The van der Waals surface area contributed by atoms with Gasteiger partial charge in [-0.3, -0.25) is 15.1 Å². The summed E-state index contributed by atoms with van der Waals surface area (Å²) >= 11 is 1.72. The summed E-state index contributed by atoms with van der Waals surface area (Å²) in [5.41, 5.74) is 10.1. The summed E-state index contributed by atoms with van der Waals surface area (Å²) in [5, 5.41) is 14.4. The van der Waals surface area contributed by atoms with Gasteiger partial charge in [-0.05, 0) is 87.9 Å². The molecule has 4 aromatic rings. The number of aryl methyl sites for hydroxylation is 1. The number of benzene rings is 4. The van der Waals surface area contributed by atoms with Crippen LogP contribution < -0.4 is 29.0 Å². The van der Waals surface area contributed by atoms with Crippen molar-refractivity contribution in [1.82, 2.24) is 15.1 Å². The summed E-state index contributed by atoms with van der Waals surface area (Å²) in [4.78, 5) is 18.3. The normalized spacial score (nSPS) is 21.9. The summed E-state index contributed by atoms with van der Waals surface area (Å²) in [6.45, 7) is 13.9.